The molecule has 2 aromatic carbocycles. The van der Waals surface area contributed by atoms with E-state index in [1.807, 2.05) is 31.2 Å². The number of nitrogens with zero attached hydrogens (tertiary/aromatic N) is 2. The lowest BCUT2D eigenvalue weighted by atomic mass is 10.2. The second-order valence-corrected chi connectivity index (χ2v) is 7.61. The molecule has 1 fully saturated rings. The van der Waals surface area contributed by atoms with Crippen molar-refractivity contribution < 1.29 is 19.0 Å². The number of rotatable bonds is 8. The number of nitrogens with one attached hydrogen (secondary N) is 1. The first-order valence-electron chi connectivity index (χ1n) is 9.77. The first-order chi connectivity index (χ1) is 14.6. The fourth-order valence-electron chi connectivity index (χ4n) is 3.14. The van der Waals surface area contributed by atoms with E-state index in [-0.39, 0.29) is 12.5 Å². The van der Waals surface area contributed by atoms with Gasteiger partial charge in [-0.15, -0.1) is 0 Å². The number of carbonyl (C=O) groups excluding carboxylic acids is 1. The molecule has 1 aliphatic heterocycles. The summed E-state index contributed by atoms with van der Waals surface area (Å²) in [6, 6.07) is 13.1. The molecule has 0 atom stereocenters. The molecule has 158 valence electrons. The SMILES string of the molecule is CCOc1cc(C#N)cc(Br)c1OCC(=O)Nc1cccc(CN2CCOCC2)c1. The highest BCUT2D eigenvalue weighted by molar-refractivity contribution is 9.10. The van der Waals surface area contributed by atoms with Crippen LogP contribution in [0.1, 0.15) is 18.1 Å². The van der Waals surface area contributed by atoms with E-state index < -0.39 is 0 Å². The largest absolute Gasteiger partial charge is 0.490 e. The summed E-state index contributed by atoms with van der Waals surface area (Å²) in [5.41, 5.74) is 2.29. The minimum Gasteiger partial charge on any atom is -0.490 e. The van der Waals surface area contributed by atoms with Crippen molar-refractivity contribution in [3.8, 4) is 17.6 Å². The summed E-state index contributed by atoms with van der Waals surface area (Å²) in [7, 11) is 0. The Kier molecular flexibility index (Phi) is 8.08. The van der Waals surface area contributed by atoms with Gasteiger partial charge in [-0.2, -0.15) is 5.26 Å². The van der Waals surface area contributed by atoms with Crippen molar-refractivity contribution >= 4 is 27.5 Å². The van der Waals surface area contributed by atoms with Crippen molar-refractivity contribution in [1.82, 2.24) is 4.90 Å². The number of hydrogen-bond acceptors (Lipinski definition) is 6. The molecular weight excluding hydrogens is 450 g/mol. The van der Waals surface area contributed by atoms with Crippen LogP contribution in [0.5, 0.6) is 11.5 Å². The van der Waals surface area contributed by atoms with E-state index in [4.69, 9.17) is 19.5 Å². The van der Waals surface area contributed by atoms with Crippen molar-refractivity contribution in [1.29, 1.82) is 5.26 Å². The fraction of sp³-hybridized carbons (Fsp3) is 0.364. The number of ether oxygens (including phenoxy) is 3. The fourth-order valence-corrected chi connectivity index (χ4v) is 3.69. The molecule has 0 spiro atoms. The van der Waals surface area contributed by atoms with Crippen LogP contribution in [0.25, 0.3) is 0 Å². The highest BCUT2D eigenvalue weighted by Crippen LogP contribution is 2.36. The third-order valence-corrected chi connectivity index (χ3v) is 5.10. The molecule has 1 N–H and O–H groups in total. The first-order valence-corrected chi connectivity index (χ1v) is 10.6. The number of anilines is 1. The summed E-state index contributed by atoms with van der Waals surface area (Å²) in [6.07, 6.45) is 0. The van der Waals surface area contributed by atoms with Crippen LogP contribution in [0.2, 0.25) is 0 Å². The van der Waals surface area contributed by atoms with Gasteiger partial charge in [0.15, 0.2) is 18.1 Å². The zero-order valence-electron chi connectivity index (χ0n) is 16.8. The summed E-state index contributed by atoms with van der Waals surface area (Å²) < 4.78 is 17.2. The van der Waals surface area contributed by atoms with Crippen molar-refractivity contribution in [3.05, 3.63) is 52.0 Å². The number of amides is 1. The zero-order valence-corrected chi connectivity index (χ0v) is 18.4. The molecule has 0 aliphatic carbocycles. The molecule has 1 amide bonds. The van der Waals surface area contributed by atoms with Crippen molar-refractivity contribution in [2.24, 2.45) is 0 Å². The molecule has 1 heterocycles. The quantitative estimate of drug-likeness (QED) is 0.630. The molecule has 0 unspecified atom stereocenters. The topological polar surface area (TPSA) is 83.8 Å². The molecule has 3 rings (SSSR count). The molecule has 30 heavy (non-hydrogen) atoms. The van der Waals surface area contributed by atoms with Crippen LogP contribution >= 0.6 is 15.9 Å². The van der Waals surface area contributed by atoms with Gasteiger partial charge in [0.1, 0.15) is 0 Å². The van der Waals surface area contributed by atoms with Crippen LogP contribution in [0, 0.1) is 11.3 Å². The van der Waals surface area contributed by atoms with E-state index in [0.717, 1.165) is 44.1 Å². The lowest BCUT2D eigenvalue weighted by molar-refractivity contribution is -0.118. The number of benzene rings is 2. The van der Waals surface area contributed by atoms with Crippen LogP contribution < -0.4 is 14.8 Å². The monoisotopic (exact) mass is 473 g/mol. The summed E-state index contributed by atoms with van der Waals surface area (Å²) >= 11 is 3.38. The lowest BCUT2D eigenvalue weighted by Crippen LogP contribution is -2.35. The molecule has 8 heteroatoms. The Morgan fingerprint density at radius 3 is 2.80 bits per heavy atom. The molecule has 0 radical (unpaired) electrons. The molecule has 1 saturated heterocycles. The third-order valence-electron chi connectivity index (χ3n) is 4.51. The Bertz CT molecular complexity index is 923. The average Bonchev–Trinajstić information content (AvgIpc) is 2.74. The van der Waals surface area contributed by atoms with Crippen LogP contribution in [0.4, 0.5) is 5.69 Å². The predicted octanol–water partition coefficient (Wildman–Crippen LogP) is 3.57. The van der Waals surface area contributed by atoms with E-state index in [1.165, 1.54) is 0 Å². The van der Waals surface area contributed by atoms with Crippen molar-refractivity contribution in [3.63, 3.8) is 0 Å². The van der Waals surface area contributed by atoms with Crippen molar-refractivity contribution in [2.75, 3.05) is 44.8 Å². The number of carbonyl (C=O) groups is 1. The van der Waals surface area contributed by atoms with Crippen LogP contribution in [-0.4, -0.2) is 50.3 Å². The van der Waals surface area contributed by atoms with Crippen LogP contribution in [0.3, 0.4) is 0 Å². The van der Waals surface area contributed by atoms with E-state index in [2.05, 4.69) is 32.2 Å². The van der Waals surface area contributed by atoms with Crippen molar-refractivity contribution in [2.45, 2.75) is 13.5 Å². The molecule has 7 nitrogen and oxygen atoms in total. The van der Waals surface area contributed by atoms with E-state index >= 15 is 0 Å². The van der Waals surface area contributed by atoms with E-state index in [9.17, 15) is 4.79 Å². The molecule has 1 aliphatic rings. The molecule has 0 saturated carbocycles. The number of halogens is 1. The molecule has 2 aromatic rings. The van der Waals surface area contributed by atoms with Gasteiger partial charge in [0.05, 0.1) is 35.9 Å². The minimum absolute atomic E-state index is 0.182. The van der Waals surface area contributed by atoms with Crippen LogP contribution in [0.15, 0.2) is 40.9 Å². The number of hydrogen-bond donors (Lipinski definition) is 1. The van der Waals surface area contributed by atoms with Gasteiger partial charge in [0.25, 0.3) is 5.91 Å². The standard InChI is InChI=1S/C22H24BrN3O4/c1-2-29-20-12-17(13-24)11-19(23)22(20)30-15-21(27)25-18-5-3-4-16(10-18)14-26-6-8-28-9-7-26/h3-5,10-12H,2,6-9,14-15H2,1H3,(H,25,27). The van der Waals surface area contributed by atoms with Gasteiger partial charge in [-0.05, 0) is 46.6 Å². The minimum atomic E-state index is -0.280. The molecular formula is C22H24BrN3O4. The maximum absolute atomic E-state index is 12.4. The van der Waals surface area contributed by atoms with Gasteiger partial charge in [0.2, 0.25) is 0 Å². The number of morpholine rings is 1. The zero-order chi connectivity index (χ0) is 21.3. The maximum atomic E-state index is 12.4. The predicted molar refractivity (Wildman–Crippen MR) is 117 cm³/mol. The Balaban J connectivity index is 1.60. The summed E-state index contributed by atoms with van der Waals surface area (Å²) in [5.74, 6) is 0.535. The van der Waals surface area contributed by atoms with E-state index in [1.54, 1.807) is 12.1 Å². The summed E-state index contributed by atoms with van der Waals surface area (Å²) in [6.45, 7) is 6.22. The Hall–Kier alpha value is -2.60. The second-order valence-electron chi connectivity index (χ2n) is 6.76. The van der Waals surface area contributed by atoms with Gasteiger partial charge < -0.3 is 19.5 Å². The smallest absolute Gasteiger partial charge is 0.262 e. The van der Waals surface area contributed by atoms with Gasteiger partial charge in [-0.25, -0.2) is 0 Å². The Morgan fingerprint density at radius 1 is 1.27 bits per heavy atom. The summed E-state index contributed by atoms with van der Waals surface area (Å²) in [4.78, 5) is 14.7. The average molecular weight is 474 g/mol. The van der Waals surface area contributed by atoms with Gasteiger partial charge >= 0.3 is 0 Å². The lowest BCUT2D eigenvalue weighted by Gasteiger charge is -2.26. The highest BCUT2D eigenvalue weighted by Gasteiger charge is 2.15. The van der Waals surface area contributed by atoms with Gasteiger partial charge in [0, 0.05) is 31.4 Å². The summed E-state index contributed by atoms with van der Waals surface area (Å²) in [5, 5.41) is 12.0. The maximum Gasteiger partial charge on any atom is 0.262 e. The molecule has 0 bridgehead atoms. The Labute approximate surface area is 184 Å². The third kappa shape index (κ3) is 6.20. The highest BCUT2D eigenvalue weighted by atomic mass is 79.9. The van der Waals surface area contributed by atoms with Gasteiger partial charge in [-0.3, -0.25) is 9.69 Å². The number of nitriles is 1. The van der Waals surface area contributed by atoms with Gasteiger partial charge in [-0.1, -0.05) is 12.1 Å². The molecule has 0 aromatic heterocycles. The van der Waals surface area contributed by atoms with E-state index in [0.29, 0.717) is 28.1 Å². The normalized spacial score (nSPS) is 14.0. The van der Waals surface area contributed by atoms with Crippen LogP contribution in [-0.2, 0) is 16.1 Å². The first kappa shape index (κ1) is 22.1. The Morgan fingerprint density at radius 2 is 2.07 bits per heavy atom. The second kappa shape index (κ2) is 11.0.